The second-order valence-corrected chi connectivity index (χ2v) is 7.73. The van der Waals surface area contributed by atoms with E-state index < -0.39 is 0 Å². The van der Waals surface area contributed by atoms with Gasteiger partial charge in [-0.25, -0.2) is 0 Å². The zero-order valence-corrected chi connectivity index (χ0v) is 16.0. The maximum absolute atomic E-state index is 11.8. The topological polar surface area (TPSA) is 34.1 Å². The van der Waals surface area contributed by atoms with Crippen molar-refractivity contribution in [3.8, 4) is 0 Å². The van der Waals surface area contributed by atoms with E-state index in [0.29, 0.717) is 11.6 Å². The number of carbonyl (C=O) groups excluding carboxylic acids is 2. The Morgan fingerprint density at radius 3 is 0.667 bits per heavy atom. The van der Waals surface area contributed by atoms with Crippen molar-refractivity contribution in [1.29, 1.82) is 0 Å². The lowest BCUT2D eigenvalue weighted by molar-refractivity contribution is -0.120. The van der Waals surface area contributed by atoms with Crippen LogP contribution in [0.2, 0.25) is 0 Å². The Labute approximate surface area is 150 Å². The minimum atomic E-state index is 0.452. The zero-order chi connectivity index (χ0) is 17.3. The van der Waals surface area contributed by atoms with E-state index in [2.05, 4.69) is 0 Å². The van der Waals surface area contributed by atoms with Crippen molar-refractivity contribution < 1.29 is 9.59 Å². The lowest BCUT2D eigenvalue weighted by atomic mass is 10.0. The molecule has 0 unspecified atom stereocenters. The van der Waals surface area contributed by atoms with Crippen LogP contribution in [0.4, 0.5) is 0 Å². The molecule has 0 spiro atoms. The average molecular weight is 337 g/mol. The molecule has 1 fully saturated rings. The van der Waals surface area contributed by atoms with Gasteiger partial charge in [-0.3, -0.25) is 9.59 Å². The van der Waals surface area contributed by atoms with E-state index in [4.69, 9.17) is 0 Å². The van der Waals surface area contributed by atoms with Gasteiger partial charge in [0.25, 0.3) is 0 Å². The van der Waals surface area contributed by atoms with Gasteiger partial charge in [-0.2, -0.15) is 0 Å². The second-order valence-electron chi connectivity index (χ2n) is 7.73. The van der Waals surface area contributed by atoms with Gasteiger partial charge >= 0.3 is 0 Å². The van der Waals surface area contributed by atoms with Crippen LogP contribution < -0.4 is 0 Å². The highest BCUT2D eigenvalue weighted by Crippen LogP contribution is 2.15. The fraction of sp³-hybridized carbons (Fsp3) is 0.909. The molecule has 0 heterocycles. The van der Waals surface area contributed by atoms with E-state index in [9.17, 15) is 9.59 Å². The molecule has 0 atom stereocenters. The average Bonchev–Trinajstić information content (AvgIpc) is 2.57. The predicted octanol–water partition coefficient (Wildman–Crippen LogP) is 6.94. The molecule has 1 rings (SSSR count). The Hall–Kier alpha value is -0.660. The number of carbonyl (C=O) groups is 2. The molecule has 0 bridgehead atoms. The van der Waals surface area contributed by atoms with E-state index in [1.807, 2.05) is 0 Å². The normalized spacial score (nSPS) is 23.2. The molecule has 1 aliphatic carbocycles. The van der Waals surface area contributed by atoms with Crippen molar-refractivity contribution in [1.82, 2.24) is 0 Å². The van der Waals surface area contributed by atoms with Crippen LogP contribution in [0, 0.1) is 0 Å². The molecule has 1 saturated carbocycles. The van der Waals surface area contributed by atoms with Gasteiger partial charge in [0, 0.05) is 25.7 Å². The lowest BCUT2D eigenvalue weighted by Crippen LogP contribution is -1.99. The largest absolute Gasteiger partial charge is 0.300 e. The molecule has 0 saturated heterocycles. The van der Waals surface area contributed by atoms with Crippen LogP contribution in [0.25, 0.3) is 0 Å². The van der Waals surface area contributed by atoms with Gasteiger partial charge in [0.15, 0.2) is 0 Å². The van der Waals surface area contributed by atoms with Crippen LogP contribution in [-0.2, 0) is 9.59 Å². The zero-order valence-electron chi connectivity index (χ0n) is 16.0. The molecule has 1 aliphatic rings. The Bertz CT molecular complexity index is 290. The van der Waals surface area contributed by atoms with E-state index >= 15 is 0 Å². The van der Waals surface area contributed by atoms with E-state index in [1.54, 1.807) is 0 Å². The first kappa shape index (κ1) is 21.4. The molecule has 0 aliphatic heterocycles. The SMILES string of the molecule is O=C1CCCCCCCCCCCCCCC(=O)CCCCCC1. The maximum atomic E-state index is 11.8. The first-order chi connectivity index (χ1) is 11.8. The van der Waals surface area contributed by atoms with Crippen molar-refractivity contribution in [3.05, 3.63) is 0 Å². The van der Waals surface area contributed by atoms with Gasteiger partial charge in [-0.05, 0) is 25.7 Å². The highest BCUT2D eigenvalue weighted by molar-refractivity contribution is 5.78. The van der Waals surface area contributed by atoms with Crippen molar-refractivity contribution in [2.75, 3.05) is 0 Å². The van der Waals surface area contributed by atoms with E-state index in [1.165, 1.54) is 64.2 Å². The molecule has 0 amide bonds. The maximum Gasteiger partial charge on any atom is 0.132 e. The smallest absolute Gasteiger partial charge is 0.132 e. The summed E-state index contributed by atoms with van der Waals surface area (Å²) in [5.74, 6) is 0.904. The van der Waals surface area contributed by atoms with Crippen molar-refractivity contribution in [2.24, 2.45) is 0 Å². The van der Waals surface area contributed by atoms with Crippen molar-refractivity contribution in [3.63, 3.8) is 0 Å². The van der Waals surface area contributed by atoms with Gasteiger partial charge in [0.05, 0.1) is 0 Å². The third-order valence-corrected chi connectivity index (χ3v) is 5.32. The number of Topliss-reactive ketones (excluding diaryl/α,β-unsaturated/α-hetero) is 2. The van der Waals surface area contributed by atoms with Gasteiger partial charge in [0.1, 0.15) is 11.6 Å². The van der Waals surface area contributed by atoms with Gasteiger partial charge < -0.3 is 0 Å². The first-order valence-corrected chi connectivity index (χ1v) is 10.8. The third kappa shape index (κ3) is 13.7. The minimum absolute atomic E-state index is 0.452. The highest BCUT2D eigenvalue weighted by atomic mass is 16.1. The summed E-state index contributed by atoms with van der Waals surface area (Å²) in [5, 5.41) is 0. The van der Waals surface area contributed by atoms with E-state index in [0.717, 1.165) is 64.2 Å². The minimum Gasteiger partial charge on any atom is -0.300 e. The van der Waals surface area contributed by atoms with Crippen LogP contribution >= 0.6 is 0 Å². The molecule has 0 aromatic carbocycles. The molecular formula is C22H40O2. The summed E-state index contributed by atoms with van der Waals surface area (Å²) < 4.78 is 0. The van der Waals surface area contributed by atoms with Crippen molar-refractivity contribution in [2.45, 2.75) is 128 Å². The molecule has 24 heavy (non-hydrogen) atoms. The molecule has 0 N–H and O–H groups in total. The van der Waals surface area contributed by atoms with Crippen LogP contribution in [0.15, 0.2) is 0 Å². The summed E-state index contributed by atoms with van der Waals surface area (Å²) in [5.41, 5.74) is 0. The molecule has 0 aromatic heterocycles. The van der Waals surface area contributed by atoms with Crippen LogP contribution in [0.1, 0.15) is 128 Å². The summed E-state index contributed by atoms with van der Waals surface area (Å²) in [6.45, 7) is 0. The van der Waals surface area contributed by atoms with Gasteiger partial charge in [-0.1, -0.05) is 77.0 Å². The molecule has 2 heteroatoms. The Morgan fingerprint density at radius 2 is 0.458 bits per heavy atom. The fourth-order valence-electron chi connectivity index (χ4n) is 3.66. The first-order valence-electron chi connectivity index (χ1n) is 10.8. The van der Waals surface area contributed by atoms with Crippen LogP contribution in [-0.4, -0.2) is 11.6 Å². The standard InChI is InChI=1S/C22H40O2/c23-21-17-13-9-7-5-3-1-2-4-6-8-10-14-18-22(24)20-16-12-11-15-19-21/h1-20H2. The Kier molecular flexibility index (Phi) is 14.1. The quantitative estimate of drug-likeness (QED) is 0.480. The summed E-state index contributed by atoms with van der Waals surface area (Å²) in [7, 11) is 0. The molecule has 0 aromatic rings. The summed E-state index contributed by atoms with van der Waals surface area (Å²) >= 11 is 0. The number of hydrogen-bond acceptors (Lipinski definition) is 2. The number of hydrogen-bond donors (Lipinski definition) is 0. The fourth-order valence-corrected chi connectivity index (χ4v) is 3.66. The van der Waals surface area contributed by atoms with Crippen LogP contribution in [0.5, 0.6) is 0 Å². The molecular weight excluding hydrogens is 296 g/mol. The number of rotatable bonds is 0. The summed E-state index contributed by atoms with van der Waals surface area (Å²) in [6, 6.07) is 0. The van der Waals surface area contributed by atoms with Gasteiger partial charge in [0.2, 0.25) is 0 Å². The predicted molar refractivity (Wildman–Crippen MR) is 102 cm³/mol. The molecule has 0 radical (unpaired) electrons. The monoisotopic (exact) mass is 336 g/mol. The van der Waals surface area contributed by atoms with Gasteiger partial charge in [-0.15, -0.1) is 0 Å². The Morgan fingerprint density at radius 1 is 0.292 bits per heavy atom. The number of ketones is 2. The highest BCUT2D eigenvalue weighted by Gasteiger charge is 2.04. The summed E-state index contributed by atoms with van der Waals surface area (Å²) in [6.07, 6.45) is 22.8. The third-order valence-electron chi connectivity index (χ3n) is 5.32. The van der Waals surface area contributed by atoms with Crippen molar-refractivity contribution >= 4 is 11.6 Å². The summed E-state index contributed by atoms with van der Waals surface area (Å²) in [4.78, 5) is 23.7. The lowest BCUT2D eigenvalue weighted by Gasteiger charge is -2.05. The second kappa shape index (κ2) is 15.8. The van der Waals surface area contributed by atoms with E-state index in [-0.39, 0.29) is 0 Å². The molecule has 140 valence electrons. The Balaban J connectivity index is 2.16. The van der Waals surface area contributed by atoms with Crippen LogP contribution in [0.3, 0.4) is 0 Å². The molecule has 2 nitrogen and oxygen atoms in total.